The number of nitrogen functional groups attached to an aromatic ring is 2. The summed E-state index contributed by atoms with van der Waals surface area (Å²) in [5.41, 5.74) is 16.2. The molecule has 0 atom stereocenters. The van der Waals surface area contributed by atoms with E-state index in [0.717, 1.165) is 48.1 Å². The van der Waals surface area contributed by atoms with Gasteiger partial charge in [-0.25, -0.2) is 0 Å². The molecule has 4 N–H and O–H groups in total. The van der Waals surface area contributed by atoms with E-state index < -0.39 is 0 Å². The highest BCUT2D eigenvalue weighted by atomic mass is 16.5. The first-order chi connectivity index (χ1) is 12.6. The number of nitrogens with zero attached hydrogens (tertiary/aromatic N) is 4. The molecule has 1 fully saturated rings. The quantitative estimate of drug-likeness (QED) is 0.703. The predicted octanol–water partition coefficient (Wildman–Crippen LogP) is 2.54. The molecule has 0 radical (unpaired) electrons. The molecule has 1 aliphatic rings. The summed E-state index contributed by atoms with van der Waals surface area (Å²) in [6.45, 7) is 2.12. The minimum atomic E-state index is 0.349. The number of hydrogen-bond donors (Lipinski definition) is 2. The van der Waals surface area contributed by atoms with Crippen molar-refractivity contribution in [3.63, 3.8) is 0 Å². The Kier molecular flexibility index (Phi) is 4.16. The Balaban J connectivity index is 1.87. The smallest absolute Gasteiger partial charge is 0.142 e. The molecule has 0 unspecified atom stereocenters. The molecule has 1 aromatic carbocycles. The number of benzene rings is 1. The maximum Gasteiger partial charge on any atom is 0.142 e. The van der Waals surface area contributed by atoms with E-state index >= 15 is 0 Å². The molecule has 7 heteroatoms. The largest absolute Gasteiger partial charge is 0.495 e. The lowest BCUT2D eigenvalue weighted by molar-refractivity contribution is 0.215. The summed E-state index contributed by atoms with van der Waals surface area (Å²) < 4.78 is 7.48. The van der Waals surface area contributed by atoms with Crippen LogP contribution in [-0.4, -0.2) is 46.9 Å². The third kappa shape index (κ3) is 2.74. The van der Waals surface area contributed by atoms with E-state index in [2.05, 4.69) is 21.6 Å². The molecule has 0 spiro atoms. The molecule has 1 saturated heterocycles. The highest BCUT2D eigenvalue weighted by Gasteiger charge is 2.24. The van der Waals surface area contributed by atoms with E-state index in [1.807, 2.05) is 24.4 Å². The summed E-state index contributed by atoms with van der Waals surface area (Å²) in [6, 6.07) is 6.06. The van der Waals surface area contributed by atoms with Crippen molar-refractivity contribution >= 4 is 22.3 Å². The second-order valence-electron chi connectivity index (χ2n) is 6.91. The van der Waals surface area contributed by atoms with E-state index in [1.165, 1.54) is 0 Å². The number of anilines is 2. The Morgan fingerprint density at radius 2 is 1.88 bits per heavy atom. The molecule has 3 aromatic rings. The van der Waals surface area contributed by atoms with Gasteiger partial charge in [0.05, 0.1) is 47.8 Å². The SMILES string of the molecule is COc1cc(-c2nn(C3CCN(C)CC3)c3cncc(N)c23)ccc1N. The van der Waals surface area contributed by atoms with Crippen molar-refractivity contribution in [2.24, 2.45) is 0 Å². The monoisotopic (exact) mass is 352 g/mol. The van der Waals surface area contributed by atoms with E-state index in [4.69, 9.17) is 21.3 Å². The minimum absolute atomic E-state index is 0.349. The van der Waals surface area contributed by atoms with E-state index in [0.29, 0.717) is 23.2 Å². The summed E-state index contributed by atoms with van der Waals surface area (Å²) in [4.78, 5) is 6.64. The zero-order chi connectivity index (χ0) is 18.3. The molecule has 0 saturated carbocycles. The first-order valence-corrected chi connectivity index (χ1v) is 8.82. The standard InChI is InChI=1S/C19H24N6O/c1-24-7-5-13(6-8-24)25-16-11-22-10-15(21)18(16)19(23-25)12-3-4-14(20)17(9-12)26-2/h3-4,9-11,13H,5-8,20-21H2,1-2H3. The van der Waals surface area contributed by atoms with Gasteiger partial charge in [0.25, 0.3) is 0 Å². The summed E-state index contributed by atoms with van der Waals surface area (Å²) in [5, 5.41) is 5.89. The number of fused-ring (bicyclic) bond motifs is 1. The molecule has 7 nitrogen and oxygen atoms in total. The van der Waals surface area contributed by atoms with Crippen LogP contribution in [0.3, 0.4) is 0 Å². The third-order valence-electron chi connectivity index (χ3n) is 5.19. The zero-order valence-corrected chi connectivity index (χ0v) is 15.1. The van der Waals surface area contributed by atoms with Crippen LogP contribution < -0.4 is 16.2 Å². The molecule has 1 aliphatic heterocycles. The summed E-state index contributed by atoms with van der Waals surface area (Å²) in [5.74, 6) is 0.636. The molecule has 2 aromatic heterocycles. The van der Waals surface area contributed by atoms with Crippen LogP contribution in [0.1, 0.15) is 18.9 Å². The first kappa shape index (κ1) is 16.7. The van der Waals surface area contributed by atoms with Gasteiger partial charge in [-0.05, 0) is 45.1 Å². The molecule has 0 aliphatic carbocycles. The van der Waals surface area contributed by atoms with Crippen LogP contribution in [0.15, 0.2) is 30.6 Å². The van der Waals surface area contributed by atoms with Crippen LogP contribution in [-0.2, 0) is 0 Å². The van der Waals surface area contributed by atoms with Gasteiger partial charge >= 0.3 is 0 Å². The van der Waals surface area contributed by atoms with Gasteiger partial charge in [-0.1, -0.05) is 6.07 Å². The van der Waals surface area contributed by atoms with E-state index in [1.54, 1.807) is 13.3 Å². The summed E-state index contributed by atoms with van der Waals surface area (Å²) in [6.07, 6.45) is 5.66. The Labute approximate surface area is 152 Å². The normalized spacial score (nSPS) is 16.2. The number of likely N-dealkylation sites (tertiary alicyclic amines) is 1. The van der Waals surface area contributed by atoms with Crippen molar-refractivity contribution in [3.05, 3.63) is 30.6 Å². The van der Waals surface area contributed by atoms with Crippen LogP contribution in [0, 0.1) is 0 Å². The molecule has 136 valence electrons. The number of hydrogen-bond acceptors (Lipinski definition) is 6. The average Bonchev–Trinajstić information content (AvgIpc) is 3.04. The fourth-order valence-electron chi connectivity index (χ4n) is 3.69. The Hall–Kier alpha value is -2.80. The van der Waals surface area contributed by atoms with Crippen LogP contribution in [0.5, 0.6) is 5.75 Å². The lowest BCUT2D eigenvalue weighted by Crippen LogP contribution is -2.31. The Bertz CT molecular complexity index is 943. The highest BCUT2D eigenvalue weighted by Crippen LogP contribution is 2.37. The fourth-order valence-corrected chi connectivity index (χ4v) is 3.69. The fraction of sp³-hybridized carbons (Fsp3) is 0.368. The average molecular weight is 352 g/mol. The van der Waals surface area contributed by atoms with Crippen molar-refractivity contribution in [2.45, 2.75) is 18.9 Å². The molecule has 0 bridgehead atoms. The maximum absolute atomic E-state index is 6.28. The summed E-state index contributed by atoms with van der Waals surface area (Å²) >= 11 is 0. The Morgan fingerprint density at radius 1 is 1.12 bits per heavy atom. The maximum atomic E-state index is 6.28. The predicted molar refractivity (Wildman–Crippen MR) is 104 cm³/mol. The number of pyridine rings is 1. The van der Waals surface area contributed by atoms with Gasteiger partial charge in [0, 0.05) is 5.56 Å². The van der Waals surface area contributed by atoms with Crippen molar-refractivity contribution in [1.82, 2.24) is 19.7 Å². The molecule has 3 heterocycles. The Morgan fingerprint density at radius 3 is 2.62 bits per heavy atom. The lowest BCUT2D eigenvalue weighted by Gasteiger charge is -2.29. The van der Waals surface area contributed by atoms with Crippen LogP contribution >= 0.6 is 0 Å². The minimum Gasteiger partial charge on any atom is -0.495 e. The van der Waals surface area contributed by atoms with Gasteiger partial charge in [-0.2, -0.15) is 5.10 Å². The topological polar surface area (TPSA) is 95.2 Å². The van der Waals surface area contributed by atoms with Gasteiger partial charge in [0.15, 0.2) is 0 Å². The number of piperidine rings is 1. The molecule has 0 amide bonds. The van der Waals surface area contributed by atoms with Gasteiger partial charge < -0.3 is 21.1 Å². The van der Waals surface area contributed by atoms with Crippen LogP contribution in [0.2, 0.25) is 0 Å². The van der Waals surface area contributed by atoms with Gasteiger partial charge in [0.2, 0.25) is 0 Å². The first-order valence-electron chi connectivity index (χ1n) is 8.82. The van der Waals surface area contributed by atoms with Crippen LogP contribution in [0.4, 0.5) is 11.4 Å². The number of rotatable bonds is 3. The number of methoxy groups -OCH3 is 1. The van der Waals surface area contributed by atoms with Crippen LogP contribution in [0.25, 0.3) is 22.2 Å². The highest BCUT2D eigenvalue weighted by molar-refractivity contribution is 6.01. The number of aromatic nitrogens is 3. The second kappa shape index (κ2) is 6.49. The second-order valence-corrected chi connectivity index (χ2v) is 6.91. The molecule has 26 heavy (non-hydrogen) atoms. The van der Waals surface area contributed by atoms with Crippen molar-refractivity contribution in [3.8, 4) is 17.0 Å². The van der Waals surface area contributed by atoms with Gasteiger partial charge in [-0.3, -0.25) is 9.67 Å². The number of nitrogens with two attached hydrogens (primary N) is 2. The van der Waals surface area contributed by atoms with Crippen molar-refractivity contribution in [1.29, 1.82) is 0 Å². The molecular formula is C19H24N6O. The number of ether oxygens (including phenoxy) is 1. The van der Waals surface area contributed by atoms with Crippen molar-refractivity contribution < 1.29 is 4.74 Å². The lowest BCUT2D eigenvalue weighted by atomic mass is 10.1. The molecule has 4 rings (SSSR count). The molecular weight excluding hydrogens is 328 g/mol. The van der Waals surface area contributed by atoms with Gasteiger partial charge in [-0.15, -0.1) is 0 Å². The summed E-state index contributed by atoms with van der Waals surface area (Å²) in [7, 11) is 3.77. The third-order valence-corrected chi connectivity index (χ3v) is 5.19. The van der Waals surface area contributed by atoms with E-state index in [-0.39, 0.29) is 0 Å². The van der Waals surface area contributed by atoms with Crippen molar-refractivity contribution in [2.75, 3.05) is 38.7 Å². The van der Waals surface area contributed by atoms with Gasteiger partial charge in [0.1, 0.15) is 11.4 Å². The zero-order valence-electron chi connectivity index (χ0n) is 15.1. The van der Waals surface area contributed by atoms with E-state index in [9.17, 15) is 0 Å².